The summed E-state index contributed by atoms with van der Waals surface area (Å²) in [4.78, 5) is 15.0. The zero-order chi connectivity index (χ0) is 21.3. The molecule has 6 nitrogen and oxygen atoms in total. The Labute approximate surface area is 183 Å². The van der Waals surface area contributed by atoms with E-state index in [1.54, 1.807) is 25.4 Å². The summed E-state index contributed by atoms with van der Waals surface area (Å²) in [6.45, 7) is 3.60. The summed E-state index contributed by atoms with van der Waals surface area (Å²) in [5.74, 6) is -0.509. The van der Waals surface area contributed by atoms with Gasteiger partial charge in [-0.15, -0.1) is 0 Å². The fourth-order valence-electron chi connectivity index (χ4n) is 3.64. The molecule has 158 valence electrons. The van der Waals surface area contributed by atoms with Crippen molar-refractivity contribution in [3.8, 4) is 16.9 Å². The molecule has 2 N–H and O–H groups in total. The number of piperidine rings is 1. The smallest absolute Gasteiger partial charge is 0.290 e. The Balaban J connectivity index is 1.59. The molecule has 0 radical (unpaired) electrons. The second-order valence-electron chi connectivity index (χ2n) is 7.29. The quantitative estimate of drug-likeness (QED) is 0.550. The Hall–Kier alpha value is -2.35. The lowest BCUT2D eigenvalue weighted by molar-refractivity contribution is 0.223. The number of H-pyrrole nitrogens is 1. The van der Waals surface area contributed by atoms with Gasteiger partial charge in [-0.05, 0) is 51.1 Å². The molecule has 2 aromatic heterocycles. The van der Waals surface area contributed by atoms with Crippen LogP contribution in [-0.2, 0) is 0 Å². The molecule has 1 aliphatic heterocycles. The maximum Gasteiger partial charge on any atom is 0.290 e. The van der Waals surface area contributed by atoms with E-state index in [-0.39, 0.29) is 15.8 Å². The van der Waals surface area contributed by atoms with Gasteiger partial charge >= 0.3 is 0 Å². The van der Waals surface area contributed by atoms with Gasteiger partial charge in [-0.3, -0.25) is 9.48 Å². The summed E-state index contributed by atoms with van der Waals surface area (Å²) >= 11 is 12.2. The molecule has 1 saturated heterocycles. The molecule has 3 aromatic rings. The molecule has 0 saturated carbocycles. The third-order valence-corrected chi connectivity index (χ3v) is 5.99. The number of pyridine rings is 1. The molecule has 1 aliphatic rings. The number of benzene rings is 1. The molecule has 30 heavy (non-hydrogen) atoms. The van der Waals surface area contributed by atoms with Gasteiger partial charge < -0.3 is 15.0 Å². The Morgan fingerprint density at radius 2 is 2.03 bits per heavy atom. The van der Waals surface area contributed by atoms with Crippen molar-refractivity contribution in [1.29, 1.82) is 0 Å². The van der Waals surface area contributed by atoms with Crippen LogP contribution in [-0.4, -0.2) is 27.9 Å². The van der Waals surface area contributed by atoms with E-state index in [9.17, 15) is 9.18 Å². The van der Waals surface area contributed by atoms with Crippen LogP contribution in [0.15, 0.2) is 41.6 Å². The average molecular weight is 451 g/mol. The number of nitrogens with one attached hydrogen (secondary N) is 2. The van der Waals surface area contributed by atoms with Crippen molar-refractivity contribution < 1.29 is 9.13 Å². The van der Waals surface area contributed by atoms with Crippen LogP contribution in [0.25, 0.3) is 11.1 Å². The molecule has 4 rings (SSSR count). The molecule has 0 spiro atoms. The number of hydrogen-bond acceptors (Lipinski definition) is 4. The highest BCUT2D eigenvalue weighted by Crippen LogP contribution is 2.34. The highest BCUT2D eigenvalue weighted by atomic mass is 35.5. The number of rotatable bonds is 5. The first kappa shape index (κ1) is 20.9. The molecule has 3 heterocycles. The lowest BCUT2D eigenvalue weighted by Gasteiger charge is -2.22. The van der Waals surface area contributed by atoms with Crippen molar-refractivity contribution >= 4 is 23.2 Å². The van der Waals surface area contributed by atoms with Crippen molar-refractivity contribution in [3.05, 3.63) is 68.6 Å². The van der Waals surface area contributed by atoms with Crippen molar-refractivity contribution in [1.82, 2.24) is 20.1 Å². The average Bonchev–Trinajstić information content (AvgIpc) is 3.24. The third-order valence-electron chi connectivity index (χ3n) is 5.28. The number of halogens is 3. The Morgan fingerprint density at radius 1 is 1.27 bits per heavy atom. The summed E-state index contributed by atoms with van der Waals surface area (Å²) in [5, 5.41) is 7.98. The van der Waals surface area contributed by atoms with E-state index in [2.05, 4.69) is 15.4 Å². The predicted octanol–water partition coefficient (Wildman–Crippen LogP) is 4.75. The number of aromatic amines is 1. The standard InChI is InChI=1S/C21H21Cl2FN4O2/c1-12(19-16(22)2-3-17(24)20(19)23)30-18-8-13(9-26-21(18)29)14-10-27-28(11-14)15-4-6-25-7-5-15/h2-3,8-12,15,25H,4-7H2,1H3,(H,26,29). The Morgan fingerprint density at radius 3 is 2.80 bits per heavy atom. The van der Waals surface area contributed by atoms with E-state index in [0.29, 0.717) is 11.6 Å². The maximum atomic E-state index is 13.9. The SMILES string of the molecule is CC(Oc1cc(-c2cnn(C3CCNCC3)c2)c[nH]c1=O)c1c(Cl)ccc(F)c1Cl. The van der Waals surface area contributed by atoms with Crippen LogP contribution < -0.4 is 15.6 Å². The molecule has 1 aromatic carbocycles. The summed E-state index contributed by atoms with van der Waals surface area (Å²) in [7, 11) is 0. The normalized spacial score (nSPS) is 15.9. The summed E-state index contributed by atoms with van der Waals surface area (Å²) in [6.07, 6.45) is 6.67. The van der Waals surface area contributed by atoms with E-state index in [1.807, 2.05) is 10.9 Å². The lowest BCUT2D eigenvalue weighted by Crippen LogP contribution is -2.29. The molecular formula is C21H21Cl2FN4O2. The van der Waals surface area contributed by atoms with Gasteiger partial charge in [-0.2, -0.15) is 5.10 Å². The van der Waals surface area contributed by atoms with Gasteiger partial charge in [0.15, 0.2) is 5.75 Å². The van der Waals surface area contributed by atoms with Crippen molar-refractivity contribution in [3.63, 3.8) is 0 Å². The van der Waals surface area contributed by atoms with Crippen LogP contribution >= 0.6 is 23.2 Å². The Bertz CT molecular complexity index is 1110. The van der Waals surface area contributed by atoms with Crippen LogP contribution in [0, 0.1) is 5.82 Å². The summed E-state index contributed by atoms with van der Waals surface area (Å²) in [5.41, 5.74) is 1.51. The van der Waals surface area contributed by atoms with Gasteiger partial charge in [0.2, 0.25) is 0 Å². The third kappa shape index (κ3) is 4.24. The largest absolute Gasteiger partial charge is 0.480 e. The predicted molar refractivity (Wildman–Crippen MR) is 115 cm³/mol. The molecule has 1 unspecified atom stereocenters. The van der Waals surface area contributed by atoms with Gasteiger partial charge in [0.05, 0.1) is 17.3 Å². The van der Waals surface area contributed by atoms with Gasteiger partial charge in [0, 0.05) is 34.1 Å². The summed E-state index contributed by atoms with van der Waals surface area (Å²) in [6, 6.07) is 4.60. The van der Waals surface area contributed by atoms with Gasteiger partial charge in [-0.25, -0.2) is 4.39 Å². The first-order chi connectivity index (χ1) is 14.4. The van der Waals surface area contributed by atoms with E-state index in [0.717, 1.165) is 37.1 Å². The van der Waals surface area contributed by atoms with Crippen molar-refractivity contribution in [2.24, 2.45) is 0 Å². The van der Waals surface area contributed by atoms with Crippen LogP contribution in [0.2, 0.25) is 10.0 Å². The zero-order valence-corrected chi connectivity index (χ0v) is 17.8. The van der Waals surface area contributed by atoms with Crippen LogP contribution in [0.3, 0.4) is 0 Å². The van der Waals surface area contributed by atoms with E-state index in [1.165, 1.54) is 12.1 Å². The first-order valence-electron chi connectivity index (χ1n) is 9.72. The molecule has 1 fully saturated rings. The van der Waals surface area contributed by atoms with Gasteiger partial charge in [0.25, 0.3) is 5.56 Å². The number of hydrogen-bond donors (Lipinski definition) is 2. The highest BCUT2D eigenvalue weighted by Gasteiger charge is 2.20. The second kappa shape index (κ2) is 8.79. The Kier molecular flexibility index (Phi) is 6.13. The minimum atomic E-state index is -0.727. The molecule has 0 aliphatic carbocycles. The number of nitrogens with zero attached hydrogens (tertiary/aromatic N) is 2. The lowest BCUT2D eigenvalue weighted by atomic mass is 10.1. The number of ether oxygens (including phenoxy) is 1. The molecular weight excluding hydrogens is 430 g/mol. The van der Waals surface area contributed by atoms with Crippen LogP contribution in [0.5, 0.6) is 5.75 Å². The van der Waals surface area contributed by atoms with Crippen molar-refractivity contribution in [2.45, 2.75) is 31.9 Å². The summed E-state index contributed by atoms with van der Waals surface area (Å²) < 4.78 is 21.6. The van der Waals surface area contributed by atoms with Crippen molar-refractivity contribution in [2.75, 3.05) is 13.1 Å². The fourth-order valence-corrected chi connectivity index (χ4v) is 4.32. The first-order valence-corrected chi connectivity index (χ1v) is 10.5. The van der Waals surface area contributed by atoms with Gasteiger partial charge in [0.1, 0.15) is 11.9 Å². The van der Waals surface area contributed by atoms with Crippen LogP contribution in [0.4, 0.5) is 4.39 Å². The van der Waals surface area contributed by atoms with E-state index in [4.69, 9.17) is 27.9 Å². The number of aromatic nitrogens is 3. The van der Waals surface area contributed by atoms with E-state index >= 15 is 0 Å². The maximum absolute atomic E-state index is 13.9. The molecule has 1 atom stereocenters. The second-order valence-corrected chi connectivity index (χ2v) is 8.07. The zero-order valence-electron chi connectivity index (χ0n) is 16.3. The minimum Gasteiger partial charge on any atom is -0.480 e. The molecule has 0 bridgehead atoms. The van der Waals surface area contributed by atoms with Gasteiger partial charge in [-0.1, -0.05) is 23.2 Å². The highest BCUT2D eigenvalue weighted by molar-refractivity contribution is 6.36. The van der Waals surface area contributed by atoms with E-state index < -0.39 is 17.5 Å². The molecule has 9 heteroatoms. The minimum absolute atomic E-state index is 0.0889. The molecule has 0 amide bonds. The topological polar surface area (TPSA) is 71.9 Å². The fraction of sp³-hybridized carbons (Fsp3) is 0.333. The van der Waals surface area contributed by atoms with Crippen LogP contribution in [0.1, 0.15) is 37.5 Å². The monoisotopic (exact) mass is 450 g/mol.